The van der Waals surface area contributed by atoms with Crippen LogP contribution < -0.4 is 10.1 Å². The molecule has 3 heterocycles. The third kappa shape index (κ3) is 5.26. The minimum absolute atomic E-state index is 0.0155. The average molecular weight is 539 g/mol. The lowest BCUT2D eigenvalue weighted by Gasteiger charge is -2.41. The van der Waals surface area contributed by atoms with E-state index < -0.39 is 22.3 Å². The minimum atomic E-state index is -1.24. The molecule has 204 valence electrons. The number of nitrogens with zero attached hydrogens (tertiary/aromatic N) is 3. The molecule has 0 saturated carbocycles. The number of fused-ring (bicyclic) bond motifs is 1. The lowest BCUT2D eigenvalue weighted by molar-refractivity contribution is -0.385. The Hall–Kier alpha value is -4.49. The number of nitrogens with one attached hydrogen (secondary N) is 1. The number of benzene rings is 2. The van der Waals surface area contributed by atoms with E-state index in [4.69, 9.17) is 23.2 Å². The topological polar surface area (TPSA) is 172 Å². The van der Waals surface area contributed by atoms with Crippen molar-refractivity contribution in [3.63, 3.8) is 0 Å². The molecule has 13 heteroatoms. The molecule has 5 rings (SSSR count). The Labute approximate surface area is 221 Å². The summed E-state index contributed by atoms with van der Waals surface area (Å²) in [6, 6.07) is 11.4. The number of hydrogen-bond donors (Lipinski definition) is 2. The second kappa shape index (κ2) is 10.0. The molecule has 13 nitrogen and oxygen atoms in total. The van der Waals surface area contributed by atoms with Gasteiger partial charge < -0.3 is 33.6 Å². The predicted molar refractivity (Wildman–Crippen MR) is 136 cm³/mol. The van der Waals surface area contributed by atoms with E-state index in [-0.39, 0.29) is 36.4 Å². The molecule has 1 aliphatic heterocycles. The minimum Gasteiger partial charge on any atom is -0.487 e. The van der Waals surface area contributed by atoms with E-state index in [2.05, 4.69) is 15.5 Å². The molecule has 1 amide bonds. The lowest BCUT2D eigenvalue weighted by Crippen LogP contribution is -2.58. The first-order valence-electron chi connectivity index (χ1n) is 12.2. The molecule has 0 spiro atoms. The smallest absolute Gasteiger partial charge is 0.405 e. The molecule has 0 bridgehead atoms. The molecule has 39 heavy (non-hydrogen) atoms. The maximum atomic E-state index is 11.6. The summed E-state index contributed by atoms with van der Waals surface area (Å²) < 4.78 is 28.3. The van der Waals surface area contributed by atoms with Gasteiger partial charge in [-0.1, -0.05) is 12.1 Å². The van der Waals surface area contributed by atoms with Crippen molar-refractivity contribution in [2.45, 2.75) is 38.5 Å². The van der Waals surface area contributed by atoms with Gasteiger partial charge in [0.2, 0.25) is 5.82 Å². The number of ether oxygens (including phenoxy) is 3. The van der Waals surface area contributed by atoms with Gasteiger partial charge in [-0.25, -0.2) is 4.79 Å². The van der Waals surface area contributed by atoms with Crippen LogP contribution in [0.15, 0.2) is 51.4 Å². The van der Waals surface area contributed by atoms with Gasteiger partial charge in [0.05, 0.1) is 24.7 Å². The first kappa shape index (κ1) is 26.1. The van der Waals surface area contributed by atoms with Crippen molar-refractivity contribution in [1.29, 1.82) is 0 Å². The van der Waals surface area contributed by atoms with Crippen LogP contribution in [0, 0.1) is 10.1 Å². The number of rotatable bonds is 8. The van der Waals surface area contributed by atoms with Crippen LogP contribution in [0.5, 0.6) is 5.75 Å². The molecule has 2 aromatic carbocycles. The van der Waals surface area contributed by atoms with Crippen LogP contribution in [0.25, 0.3) is 33.8 Å². The van der Waals surface area contributed by atoms with Crippen LogP contribution in [-0.2, 0) is 15.0 Å². The zero-order valence-corrected chi connectivity index (χ0v) is 21.4. The second-order valence-corrected chi connectivity index (χ2v) is 9.56. The largest absolute Gasteiger partial charge is 0.487 e. The molecule has 0 unspecified atom stereocenters. The van der Waals surface area contributed by atoms with E-state index in [1.54, 1.807) is 44.2 Å². The number of furan rings is 1. The number of hydrogen-bond acceptors (Lipinski definition) is 10. The SMILES string of the molecule is CCCOc1ccc(-c2nc(-c3ccc4oc(C5(NC(=O)O)COC(C)(C)OC5)cc4c3)no2)cc1[N+](=O)[O-]. The van der Waals surface area contributed by atoms with Crippen molar-refractivity contribution in [2.24, 2.45) is 0 Å². The summed E-state index contributed by atoms with van der Waals surface area (Å²) in [6.07, 6.45) is -0.529. The lowest BCUT2D eigenvalue weighted by atomic mass is 9.96. The maximum absolute atomic E-state index is 11.6. The Morgan fingerprint density at radius 3 is 2.59 bits per heavy atom. The standard InChI is InChI=1S/C26H26N4O9/c1-4-9-35-20-8-6-16(11-18(20)30(33)34)23-27-22(29-39-23)15-5-7-19-17(10-15)12-21(38-19)26(28-24(31)32)13-36-25(2,3)37-14-26/h5-8,10-12,28H,4,9,13-14H2,1-3H3,(H,31,32). The highest BCUT2D eigenvalue weighted by Gasteiger charge is 2.45. The number of carboxylic acid groups (broad SMARTS) is 1. The fraction of sp³-hybridized carbons (Fsp3) is 0.346. The summed E-state index contributed by atoms with van der Waals surface area (Å²) in [5.41, 5.74) is 0.0440. The summed E-state index contributed by atoms with van der Waals surface area (Å²) >= 11 is 0. The Morgan fingerprint density at radius 1 is 1.15 bits per heavy atom. The van der Waals surface area contributed by atoms with Crippen LogP contribution in [0.1, 0.15) is 33.0 Å². The van der Waals surface area contributed by atoms with Crippen molar-refractivity contribution < 1.29 is 38.0 Å². The summed E-state index contributed by atoms with van der Waals surface area (Å²) in [5, 5.41) is 28.2. The van der Waals surface area contributed by atoms with E-state index >= 15 is 0 Å². The van der Waals surface area contributed by atoms with Crippen LogP contribution in [0.3, 0.4) is 0 Å². The fourth-order valence-electron chi connectivity index (χ4n) is 4.16. The van der Waals surface area contributed by atoms with Crippen molar-refractivity contribution in [1.82, 2.24) is 15.5 Å². The van der Waals surface area contributed by atoms with Gasteiger partial charge in [-0.3, -0.25) is 10.1 Å². The van der Waals surface area contributed by atoms with Gasteiger partial charge in [-0.15, -0.1) is 0 Å². The molecule has 2 aromatic heterocycles. The van der Waals surface area contributed by atoms with E-state index in [0.29, 0.717) is 40.9 Å². The van der Waals surface area contributed by atoms with Crippen LogP contribution >= 0.6 is 0 Å². The number of nitro groups is 1. The number of carbonyl (C=O) groups is 1. The molecular formula is C26H26N4O9. The van der Waals surface area contributed by atoms with E-state index in [1.807, 2.05) is 6.92 Å². The highest BCUT2D eigenvalue weighted by molar-refractivity contribution is 5.83. The van der Waals surface area contributed by atoms with Gasteiger partial charge in [-0.2, -0.15) is 4.98 Å². The van der Waals surface area contributed by atoms with Crippen molar-refractivity contribution in [3.05, 3.63) is 58.3 Å². The molecular weight excluding hydrogens is 512 g/mol. The summed E-state index contributed by atoms with van der Waals surface area (Å²) in [4.78, 5) is 27.0. The second-order valence-electron chi connectivity index (χ2n) is 9.56. The molecule has 0 atom stereocenters. The number of aromatic nitrogens is 2. The van der Waals surface area contributed by atoms with Crippen molar-refractivity contribution >= 4 is 22.7 Å². The van der Waals surface area contributed by atoms with Crippen molar-refractivity contribution in [3.8, 4) is 28.6 Å². The first-order valence-corrected chi connectivity index (χ1v) is 12.2. The van der Waals surface area contributed by atoms with Gasteiger partial charge in [0.15, 0.2) is 11.5 Å². The molecule has 1 saturated heterocycles. The van der Waals surface area contributed by atoms with E-state index in [1.165, 1.54) is 12.1 Å². The predicted octanol–water partition coefficient (Wildman–Crippen LogP) is 5.09. The van der Waals surface area contributed by atoms with E-state index in [9.17, 15) is 20.0 Å². The number of nitro benzene ring substituents is 1. The van der Waals surface area contributed by atoms with Gasteiger partial charge in [0.1, 0.15) is 16.9 Å². The quantitative estimate of drug-likeness (QED) is 0.226. The molecule has 0 radical (unpaired) electrons. The van der Waals surface area contributed by atoms with Crippen LogP contribution in [0.2, 0.25) is 0 Å². The number of amides is 1. The van der Waals surface area contributed by atoms with Crippen molar-refractivity contribution in [2.75, 3.05) is 19.8 Å². The Kier molecular flexibility index (Phi) is 6.70. The van der Waals surface area contributed by atoms with Gasteiger partial charge in [0, 0.05) is 22.6 Å². The average Bonchev–Trinajstić information content (AvgIpc) is 3.56. The zero-order chi connectivity index (χ0) is 27.8. The van der Waals surface area contributed by atoms with E-state index in [0.717, 1.165) is 0 Å². The molecule has 1 fully saturated rings. The van der Waals surface area contributed by atoms with Gasteiger partial charge >= 0.3 is 11.8 Å². The Bertz CT molecular complexity index is 1530. The monoisotopic (exact) mass is 538 g/mol. The molecule has 4 aromatic rings. The summed E-state index contributed by atoms with van der Waals surface area (Å²) in [6.45, 7) is 5.78. The molecule has 1 aliphatic rings. The summed E-state index contributed by atoms with van der Waals surface area (Å²) in [5.74, 6) is 0.000610. The Morgan fingerprint density at radius 2 is 1.90 bits per heavy atom. The third-order valence-corrected chi connectivity index (χ3v) is 6.22. The normalized spacial score (nSPS) is 16.2. The van der Waals surface area contributed by atoms with Crippen LogP contribution in [-0.4, -0.2) is 51.9 Å². The molecule has 2 N–H and O–H groups in total. The zero-order valence-electron chi connectivity index (χ0n) is 21.4. The fourth-order valence-corrected chi connectivity index (χ4v) is 4.16. The van der Waals surface area contributed by atoms with Gasteiger partial charge in [-0.05, 0) is 56.7 Å². The van der Waals surface area contributed by atoms with Gasteiger partial charge in [0.25, 0.3) is 5.89 Å². The maximum Gasteiger partial charge on any atom is 0.405 e. The van der Waals surface area contributed by atoms with Crippen LogP contribution in [0.4, 0.5) is 10.5 Å². The highest BCUT2D eigenvalue weighted by atomic mass is 16.7. The highest BCUT2D eigenvalue weighted by Crippen LogP contribution is 2.36. The molecule has 0 aliphatic carbocycles. The first-order chi connectivity index (χ1) is 18.6. The summed E-state index contributed by atoms with van der Waals surface area (Å²) in [7, 11) is 0. The Balaban J connectivity index is 1.44. The third-order valence-electron chi connectivity index (χ3n) is 6.22.